The highest BCUT2D eigenvalue weighted by atomic mass is 35.5. The topological polar surface area (TPSA) is 44.1 Å². The van der Waals surface area contributed by atoms with E-state index >= 15 is 0 Å². The van der Waals surface area contributed by atoms with E-state index in [1.54, 1.807) is 11.8 Å². The Morgan fingerprint density at radius 3 is 2.28 bits per heavy atom. The number of ether oxygens (including phenoxy) is 1. The molecule has 6 heteroatoms. The second kappa shape index (κ2) is 8.95. The summed E-state index contributed by atoms with van der Waals surface area (Å²) in [4.78, 5) is 15.8. The van der Waals surface area contributed by atoms with Crippen molar-refractivity contribution in [3.63, 3.8) is 0 Å². The zero-order valence-electron chi connectivity index (χ0n) is 19.0. The Morgan fingerprint density at radius 2 is 1.69 bits per heavy atom. The Hall–Kier alpha value is -2.24. The zero-order chi connectivity index (χ0) is 22.9. The largest absolute Gasteiger partial charge is 0.406 e. The Balaban J connectivity index is 1.75. The number of hydrogen-bond donors (Lipinski definition) is 0. The van der Waals surface area contributed by atoms with Gasteiger partial charge in [-0.05, 0) is 70.4 Å². The average Bonchev–Trinajstić information content (AvgIpc) is 3.36. The van der Waals surface area contributed by atoms with Crippen LogP contribution in [0.15, 0.2) is 64.4 Å². The van der Waals surface area contributed by atoms with Gasteiger partial charge >= 0.3 is 5.97 Å². The summed E-state index contributed by atoms with van der Waals surface area (Å²) in [6, 6.07) is 17.7. The first-order valence-electron chi connectivity index (χ1n) is 11.0. The van der Waals surface area contributed by atoms with Crippen molar-refractivity contribution in [3.8, 4) is 5.88 Å². The molecule has 0 atom stereocenters. The number of halogens is 1. The van der Waals surface area contributed by atoms with E-state index in [1.165, 1.54) is 0 Å². The molecule has 0 unspecified atom stereocenters. The van der Waals surface area contributed by atoms with Crippen LogP contribution in [-0.2, 0) is 15.7 Å². The molecule has 0 aliphatic heterocycles. The number of carbonyl (C=O) groups is 1. The van der Waals surface area contributed by atoms with Crippen LogP contribution in [0.25, 0.3) is 0 Å². The van der Waals surface area contributed by atoms with Crippen molar-refractivity contribution >= 4 is 29.3 Å². The number of rotatable bonds is 5. The van der Waals surface area contributed by atoms with E-state index in [9.17, 15) is 4.79 Å². The summed E-state index contributed by atoms with van der Waals surface area (Å²) in [7, 11) is 0. The normalized spacial score (nSPS) is 15.7. The van der Waals surface area contributed by atoms with Crippen LogP contribution < -0.4 is 4.74 Å². The second-order valence-electron chi connectivity index (χ2n) is 9.40. The molecule has 1 aromatic heterocycles. The van der Waals surface area contributed by atoms with Crippen molar-refractivity contribution in [2.24, 2.45) is 0 Å². The van der Waals surface area contributed by atoms with Crippen molar-refractivity contribution in [2.45, 2.75) is 74.1 Å². The lowest BCUT2D eigenvalue weighted by molar-refractivity contribution is -0.141. The summed E-state index contributed by atoms with van der Waals surface area (Å²) in [6.07, 6.45) is 3.55. The molecule has 0 radical (unpaired) electrons. The van der Waals surface area contributed by atoms with E-state index in [0.29, 0.717) is 10.9 Å². The summed E-state index contributed by atoms with van der Waals surface area (Å²) >= 11 is 7.70. The molecular formula is C26H29ClN2O2S. The molecule has 0 N–H and O–H groups in total. The van der Waals surface area contributed by atoms with Gasteiger partial charge in [0.05, 0.1) is 21.5 Å². The number of nitrogens with zero attached hydrogens (tertiary/aromatic N) is 2. The van der Waals surface area contributed by atoms with E-state index in [2.05, 4.69) is 32.9 Å². The van der Waals surface area contributed by atoms with Gasteiger partial charge in [-0.3, -0.25) is 4.79 Å². The molecule has 4 rings (SSSR count). The number of hydrogen-bond acceptors (Lipinski definition) is 4. The predicted octanol–water partition coefficient (Wildman–Crippen LogP) is 7.17. The summed E-state index contributed by atoms with van der Waals surface area (Å²) in [5.41, 5.74) is 0.836. The fraction of sp³-hybridized carbons (Fsp3) is 0.385. The van der Waals surface area contributed by atoms with Crippen LogP contribution >= 0.6 is 23.4 Å². The van der Waals surface area contributed by atoms with E-state index in [-0.39, 0.29) is 11.5 Å². The standard InChI is InChI=1S/C26H29ClN2O2S/c1-18-22(32-21-10-6-5-7-11-21)23(29(28-18)25(2,3)4)31-24(30)26(16-8-9-17-26)19-12-14-20(27)15-13-19/h5-7,10-15H,8-9,16-17H2,1-4H3. The molecule has 2 aromatic carbocycles. The monoisotopic (exact) mass is 468 g/mol. The molecule has 0 amide bonds. The maximum absolute atomic E-state index is 13.8. The first-order chi connectivity index (χ1) is 15.2. The zero-order valence-corrected chi connectivity index (χ0v) is 20.6. The maximum Gasteiger partial charge on any atom is 0.323 e. The third-order valence-corrected chi connectivity index (χ3v) is 7.43. The van der Waals surface area contributed by atoms with Gasteiger partial charge in [0.1, 0.15) is 0 Å². The third-order valence-electron chi connectivity index (χ3n) is 6.00. The number of benzene rings is 2. The van der Waals surface area contributed by atoms with Gasteiger partial charge in [0, 0.05) is 9.92 Å². The molecule has 0 bridgehead atoms. The SMILES string of the molecule is Cc1nn(C(C)(C)C)c(OC(=O)C2(c3ccc(Cl)cc3)CCCC2)c1Sc1ccccc1. The minimum absolute atomic E-state index is 0.211. The highest BCUT2D eigenvalue weighted by Gasteiger charge is 2.45. The van der Waals surface area contributed by atoms with Gasteiger partial charge in [0.2, 0.25) is 5.88 Å². The fourth-order valence-electron chi connectivity index (χ4n) is 4.30. The fourth-order valence-corrected chi connectivity index (χ4v) is 5.36. The summed E-state index contributed by atoms with van der Waals surface area (Å²) in [5, 5.41) is 5.43. The molecular weight excluding hydrogens is 440 g/mol. The molecule has 1 heterocycles. The van der Waals surface area contributed by atoms with Crippen LogP contribution in [0.4, 0.5) is 0 Å². The summed E-state index contributed by atoms with van der Waals surface area (Å²) < 4.78 is 8.12. The molecule has 1 fully saturated rings. The molecule has 3 aromatic rings. The molecule has 168 valence electrons. The average molecular weight is 469 g/mol. The third kappa shape index (κ3) is 4.46. The van der Waals surface area contributed by atoms with Crippen molar-refractivity contribution in [1.82, 2.24) is 9.78 Å². The maximum atomic E-state index is 13.8. The molecule has 0 saturated heterocycles. The van der Waals surface area contributed by atoms with Gasteiger partial charge < -0.3 is 4.74 Å². The van der Waals surface area contributed by atoms with Crippen LogP contribution in [0.2, 0.25) is 5.02 Å². The first kappa shape index (κ1) is 22.9. The minimum atomic E-state index is -0.653. The van der Waals surface area contributed by atoms with Gasteiger partial charge in [0.15, 0.2) is 0 Å². The second-order valence-corrected chi connectivity index (χ2v) is 10.9. The van der Waals surface area contributed by atoms with Crippen LogP contribution in [0.1, 0.15) is 57.7 Å². The molecule has 0 spiro atoms. The predicted molar refractivity (Wildman–Crippen MR) is 130 cm³/mol. The molecule has 1 aliphatic rings. The molecule has 32 heavy (non-hydrogen) atoms. The lowest BCUT2D eigenvalue weighted by atomic mass is 9.79. The Kier molecular flexibility index (Phi) is 6.42. The van der Waals surface area contributed by atoms with Crippen LogP contribution in [0.3, 0.4) is 0 Å². The number of aromatic nitrogens is 2. The highest BCUT2D eigenvalue weighted by Crippen LogP contribution is 2.45. The number of aryl methyl sites for hydroxylation is 1. The molecule has 4 nitrogen and oxygen atoms in total. The minimum Gasteiger partial charge on any atom is -0.406 e. The van der Waals surface area contributed by atoms with Crippen molar-refractivity contribution < 1.29 is 9.53 Å². The molecule has 1 saturated carbocycles. The van der Waals surface area contributed by atoms with E-state index < -0.39 is 5.41 Å². The van der Waals surface area contributed by atoms with Gasteiger partial charge in [0.25, 0.3) is 0 Å². The van der Waals surface area contributed by atoms with E-state index in [4.69, 9.17) is 21.4 Å². The van der Waals surface area contributed by atoms with Gasteiger partial charge in [-0.15, -0.1) is 0 Å². The Bertz CT molecular complexity index is 1100. The van der Waals surface area contributed by atoms with Gasteiger partial charge in [-0.2, -0.15) is 5.10 Å². The highest BCUT2D eigenvalue weighted by molar-refractivity contribution is 7.99. The number of esters is 1. The van der Waals surface area contributed by atoms with Crippen LogP contribution in [-0.4, -0.2) is 15.7 Å². The van der Waals surface area contributed by atoms with Crippen molar-refractivity contribution in [1.29, 1.82) is 0 Å². The van der Waals surface area contributed by atoms with Crippen LogP contribution in [0.5, 0.6) is 5.88 Å². The Labute approximate surface area is 199 Å². The summed E-state index contributed by atoms with van der Waals surface area (Å²) in [5.74, 6) is 0.312. The number of carbonyl (C=O) groups excluding carboxylic acids is 1. The smallest absolute Gasteiger partial charge is 0.323 e. The van der Waals surface area contributed by atoms with E-state index in [0.717, 1.165) is 46.7 Å². The molecule has 1 aliphatic carbocycles. The lowest BCUT2D eigenvalue weighted by Gasteiger charge is -2.29. The summed E-state index contributed by atoms with van der Waals surface area (Å²) in [6.45, 7) is 8.17. The van der Waals surface area contributed by atoms with Crippen molar-refractivity contribution in [3.05, 3.63) is 70.9 Å². The van der Waals surface area contributed by atoms with Crippen LogP contribution in [0, 0.1) is 6.92 Å². The lowest BCUT2D eigenvalue weighted by Crippen LogP contribution is -2.38. The van der Waals surface area contributed by atoms with E-state index in [1.807, 2.05) is 54.1 Å². The van der Waals surface area contributed by atoms with Gasteiger partial charge in [-0.25, -0.2) is 4.68 Å². The quantitative estimate of drug-likeness (QED) is 0.372. The van der Waals surface area contributed by atoms with Crippen molar-refractivity contribution in [2.75, 3.05) is 0 Å². The Morgan fingerprint density at radius 1 is 1.06 bits per heavy atom. The first-order valence-corrected chi connectivity index (χ1v) is 12.2. The van der Waals surface area contributed by atoms with Gasteiger partial charge in [-0.1, -0.05) is 66.5 Å².